The molecular weight excluding hydrogens is 341 g/mol. The zero-order valence-corrected chi connectivity index (χ0v) is 13.5. The van der Waals surface area contributed by atoms with Crippen molar-refractivity contribution in [2.75, 3.05) is 20.7 Å². The van der Waals surface area contributed by atoms with E-state index in [1.165, 1.54) is 11.1 Å². The second kappa shape index (κ2) is 10.1. The molecule has 0 radical (unpaired) electrons. The lowest BCUT2D eigenvalue weighted by molar-refractivity contribution is 0.134. The minimum atomic E-state index is 0. The van der Waals surface area contributed by atoms with Crippen LogP contribution in [-0.4, -0.2) is 26.7 Å². The molecule has 0 saturated carbocycles. The largest absolute Gasteiger partial charge is 0.377 e. The number of halogens is 1. The highest BCUT2D eigenvalue weighted by atomic mass is 127. The van der Waals surface area contributed by atoms with Crippen LogP contribution in [0.15, 0.2) is 29.3 Å². The Bertz CT molecular complexity index is 352. The quantitative estimate of drug-likeness (QED) is 0.479. The Balaban J connectivity index is 0.00000289. The Labute approximate surface area is 126 Å². The summed E-state index contributed by atoms with van der Waals surface area (Å²) in [6.45, 7) is 4.20. The van der Waals surface area contributed by atoms with Gasteiger partial charge in [-0.25, -0.2) is 0 Å². The molecule has 0 heterocycles. The highest BCUT2D eigenvalue weighted by Crippen LogP contribution is 2.05. The van der Waals surface area contributed by atoms with Gasteiger partial charge in [0.05, 0.1) is 6.61 Å². The Morgan fingerprint density at radius 2 is 1.83 bits per heavy atom. The van der Waals surface area contributed by atoms with Crippen molar-refractivity contribution in [3.05, 3.63) is 35.4 Å². The van der Waals surface area contributed by atoms with Gasteiger partial charge in [0.25, 0.3) is 0 Å². The molecule has 18 heavy (non-hydrogen) atoms. The first-order valence-electron chi connectivity index (χ1n) is 5.84. The zero-order valence-electron chi connectivity index (χ0n) is 11.2. The summed E-state index contributed by atoms with van der Waals surface area (Å²) in [5.74, 6) is 0.795. The number of benzene rings is 1. The fourth-order valence-electron chi connectivity index (χ4n) is 1.44. The predicted molar refractivity (Wildman–Crippen MR) is 86.4 cm³/mol. The van der Waals surface area contributed by atoms with E-state index in [4.69, 9.17) is 4.74 Å². The van der Waals surface area contributed by atoms with Crippen LogP contribution in [0.1, 0.15) is 18.1 Å². The van der Waals surface area contributed by atoms with Crippen molar-refractivity contribution in [1.82, 2.24) is 10.6 Å². The molecule has 102 valence electrons. The zero-order chi connectivity index (χ0) is 12.5. The lowest BCUT2D eigenvalue weighted by Gasteiger charge is -2.09. The van der Waals surface area contributed by atoms with Gasteiger partial charge in [-0.1, -0.05) is 24.3 Å². The second-order valence-electron chi connectivity index (χ2n) is 3.63. The average molecular weight is 363 g/mol. The van der Waals surface area contributed by atoms with Crippen LogP contribution in [0, 0.1) is 0 Å². The van der Waals surface area contributed by atoms with Crippen LogP contribution in [0.5, 0.6) is 0 Å². The van der Waals surface area contributed by atoms with Crippen LogP contribution in [0.4, 0.5) is 0 Å². The maximum atomic E-state index is 5.35. The Hall–Kier alpha value is -0.820. The Morgan fingerprint density at radius 1 is 1.22 bits per heavy atom. The summed E-state index contributed by atoms with van der Waals surface area (Å²) in [6, 6.07) is 8.39. The van der Waals surface area contributed by atoms with E-state index in [2.05, 4.69) is 39.9 Å². The highest BCUT2D eigenvalue weighted by Gasteiger charge is 1.96. The molecule has 0 aliphatic rings. The monoisotopic (exact) mass is 363 g/mol. The summed E-state index contributed by atoms with van der Waals surface area (Å²) >= 11 is 0. The van der Waals surface area contributed by atoms with Gasteiger partial charge in [0.2, 0.25) is 0 Å². The van der Waals surface area contributed by atoms with Crippen LogP contribution in [-0.2, 0) is 17.9 Å². The van der Waals surface area contributed by atoms with E-state index in [0.717, 1.165) is 19.1 Å². The van der Waals surface area contributed by atoms with Crippen LogP contribution < -0.4 is 10.6 Å². The van der Waals surface area contributed by atoms with Crippen LogP contribution >= 0.6 is 24.0 Å². The first kappa shape index (κ1) is 17.2. The Morgan fingerprint density at radius 3 is 2.33 bits per heavy atom. The van der Waals surface area contributed by atoms with Gasteiger partial charge < -0.3 is 15.4 Å². The number of aliphatic imine (C=N–C) groups is 1. The molecule has 0 atom stereocenters. The van der Waals surface area contributed by atoms with Crippen molar-refractivity contribution in [3.8, 4) is 0 Å². The van der Waals surface area contributed by atoms with E-state index in [-0.39, 0.29) is 24.0 Å². The van der Waals surface area contributed by atoms with Gasteiger partial charge in [0.1, 0.15) is 0 Å². The standard InChI is InChI=1S/C13H21N3O.HI/c1-4-17-10-12-7-5-11(6-8-12)9-16-13(14-2)15-3;/h5-8H,4,9-10H2,1-3H3,(H2,14,15,16);1H. The minimum Gasteiger partial charge on any atom is -0.377 e. The van der Waals surface area contributed by atoms with E-state index < -0.39 is 0 Å². The molecule has 0 aliphatic carbocycles. The molecule has 1 rings (SSSR count). The van der Waals surface area contributed by atoms with Gasteiger partial charge in [-0.3, -0.25) is 4.99 Å². The van der Waals surface area contributed by atoms with Gasteiger partial charge in [0.15, 0.2) is 5.96 Å². The topological polar surface area (TPSA) is 45.6 Å². The van der Waals surface area contributed by atoms with Crippen LogP contribution in [0.3, 0.4) is 0 Å². The van der Waals surface area contributed by atoms with Crippen LogP contribution in [0.2, 0.25) is 0 Å². The number of nitrogens with one attached hydrogen (secondary N) is 2. The molecule has 0 bridgehead atoms. The van der Waals surface area contributed by atoms with E-state index in [1.807, 2.05) is 14.0 Å². The normalized spacial score (nSPS) is 10.7. The number of rotatable bonds is 5. The number of hydrogen-bond donors (Lipinski definition) is 2. The van der Waals surface area contributed by atoms with Crippen LogP contribution in [0.25, 0.3) is 0 Å². The summed E-state index contributed by atoms with van der Waals surface area (Å²) in [4.78, 5) is 4.05. The third-order valence-corrected chi connectivity index (χ3v) is 2.42. The van der Waals surface area contributed by atoms with Gasteiger partial charge in [-0.05, 0) is 18.1 Å². The van der Waals surface area contributed by atoms with Crippen molar-refractivity contribution >= 4 is 29.9 Å². The molecule has 5 heteroatoms. The molecule has 0 spiro atoms. The van der Waals surface area contributed by atoms with Gasteiger partial charge >= 0.3 is 0 Å². The van der Waals surface area contributed by atoms with E-state index in [9.17, 15) is 0 Å². The predicted octanol–water partition coefficient (Wildman–Crippen LogP) is 2.14. The lowest BCUT2D eigenvalue weighted by Crippen LogP contribution is -2.34. The van der Waals surface area contributed by atoms with E-state index in [1.54, 1.807) is 7.05 Å². The summed E-state index contributed by atoms with van der Waals surface area (Å²) in [6.07, 6.45) is 0. The smallest absolute Gasteiger partial charge is 0.190 e. The number of ether oxygens (including phenoxy) is 1. The summed E-state index contributed by atoms with van der Waals surface area (Å²) in [7, 11) is 3.60. The summed E-state index contributed by atoms with van der Waals surface area (Å²) < 4.78 is 5.35. The molecule has 4 nitrogen and oxygen atoms in total. The first-order chi connectivity index (χ1) is 8.30. The number of hydrogen-bond acceptors (Lipinski definition) is 2. The fourth-order valence-corrected chi connectivity index (χ4v) is 1.44. The first-order valence-corrected chi connectivity index (χ1v) is 5.84. The molecule has 0 saturated heterocycles. The van der Waals surface area contributed by atoms with E-state index in [0.29, 0.717) is 6.61 Å². The van der Waals surface area contributed by atoms with Gasteiger partial charge in [0, 0.05) is 27.2 Å². The molecule has 0 aliphatic heterocycles. The fraction of sp³-hybridized carbons (Fsp3) is 0.462. The molecular formula is C13H22IN3O. The third-order valence-electron chi connectivity index (χ3n) is 2.42. The van der Waals surface area contributed by atoms with Crippen molar-refractivity contribution < 1.29 is 4.74 Å². The molecule has 0 unspecified atom stereocenters. The average Bonchev–Trinajstić information content (AvgIpc) is 2.39. The Kier molecular flexibility index (Phi) is 9.67. The molecule has 0 aromatic heterocycles. The molecule has 1 aromatic rings. The SMILES string of the molecule is CCOCc1ccc(CNC(=NC)NC)cc1.I. The lowest BCUT2D eigenvalue weighted by atomic mass is 10.1. The van der Waals surface area contributed by atoms with E-state index >= 15 is 0 Å². The van der Waals surface area contributed by atoms with Crippen molar-refractivity contribution in [3.63, 3.8) is 0 Å². The molecule has 0 fully saturated rings. The van der Waals surface area contributed by atoms with Crippen molar-refractivity contribution in [2.24, 2.45) is 4.99 Å². The number of guanidine groups is 1. The maximum absolute atomic E-state index is 5.35. The minimum absolute atomic E-state index is 0. The number of nitrogens with zero attached hydrogens (tertiary/aromatic N) is 1. The summed E-state index contributed by atoms with van der Waals surface area (Å²) in [5.41, 5.74) is 2.43. The van der Waals surface area contributed by atoms with Crippen molar-refractivity contribution in [1.29, 1.82) is 0 Å². The summed E-state index contributed by atoms with van der Waals surface area (Å²) in [5, 5.41) is 6.19. The van der Waals surface area contributed by atoms with Gasteiger partial charge in [-0.2, -0.15) is 0 Å². The molecule has 0 amide bonds. The van der Waals surface area contributed by atoms with Crippen molar-refractivity contribution in [2.45, 2.75) is 20.1 Å². The maximum Gasteiger partial charge on any atom is 0.190 e. The molecule has 2 N–H and O–H groups in total. The second-order valence-corrected chi connectivity index (χ2v) is 3.63. The highest BCUT2D eigenvalue weighted by molar-refractivity contribution is 14.0. The third kappa shape index (κ3) is 6.20. The van der Waals surface area contributed by atoms with Gasteiger partial charge in [-0.15, -0.1) is 24.0 Å². The molecule has 1 aromatic carbocycles.